The Morgan fingerprint density at radius 2 is 0.689 bits per heavy atom. The summed E-state index contributed by atoms with van der Waals surface area (Å²) in [7, 11) is 0. The summed E-state index contributed by atoms with van der Waals surface area (Å²) in [5, 5.41) is 9.11. The van der Waals surface area contributed by atoms with Gasteiger partial charge >= 0.3 is 0 Å². The third kappa shape index (κ3) is 26.7. The highest BCUT2D eigenvalue weighted by atomic mass is 27.2. The molecule has 0 aliphatic heterocycles. The van der Waals surface area contributed by atoms with Crippen molar-refractivity contribution >= 4 is 13.1 Å². The van der Waals surface area contributed by atoms with E-state index in [4.69, 9.17) is 0 Å². The molecule has 0 aliphatic carbocycles. The summed E-state index contributed by atoms with van der Waals surface area (Å²) in [4.78, 5) is 0. The summed E-state index contributed by atoms with van der Waals surface area (Å²) in [6.07, 6.45) is 27.7. The van der Waals surface area contributed by atoms with Crippen LogP contribution in [0.3, 0.4) is 0 Å². The lowest BCUT2D eigenvalue weighted by Gasteiger charge is -2.37. The van der Waals surface area contributed by atoms with Gasteiger partial charge in [-0.1, -0.05) is 204 Å². The molecule has 0 fully saturated rings. The number of quaternary nitrogens is 1. The quantitative estimate of drug-likeness (QED) is 0.0780. The lowest BCUT2D eigenvalue weighted by Crippen LogP contribution is -2.83. The molecule has 0 unspecified atom stereocenters. The minimum Gasteiger partial charge on any atom is -0.346 e. The smallest absolute Gasteiger partial charge is 0.134 e. The van der Waals surface area contributed by atoms with Crippen molar-refractivity contribution < 1.29 is 5.32 Å². The molecule has 0 saturated carbocycles. The van der Waals surface area contributed by atoms with Crippen molar-refractivity contribution in [2.45, 2.75) is 185 Å². The van der Waals surface area contributed by atoms with Gasteiger partial charge in [0.15, 0.2) is 0 Å². The molecule has 260 valence electrons. The highest BCUT2D eigenvalue weighted by Gasteiger charge is 2.26. The molecule has 2 rings (SSSR count). The van der Waals surface area contributed by atoms with Gasteiger partial charge in [0.1, 0.15) is 13.1 Å². The largest absolute Gasteiger partial charge is 0.346 e. The van der Waals surface area contributed by atoms with Crippen molar-refractivity contribution in [3.8, 4) is 11.1 Å². The monoisotopic (exact) mass is 638 g/mol. The summed E-state index contributed by atoms with van der Waals surface area (Å²) in [5.41, 5.74) is 2.55. The SMILES string of the molecule is CCCCCCCCC[NH2+]CC.CCCC[CH2][Al-]([CH2]CCCC)([CH2]CCCC)[CH2]CCCC.c1ccc(-c2ccccc2)cc1. The average molecular weight is 638 g/mol. The molecule has 2 heteroatoms. The molecule has 2 N–H and O–H groups in total. The molecule has 0 amide bonds. The van der Waals surface area contributed by atoms with Crippen LogP contribution in [-0.4, -0.2) is 26.2 Å². The number of rotatable bonds is 26. The summed E-state index contributed by atoms with van der Waals surface area (Å²) < 4.78 is 0. The topological polar surface area (TPSA) is 16.6 Å². The molecule has 0 aromatic heterocycles. The van der Waals surface area contributed by atoms with Crippen LogP contribution in [0.5, 0.6) is 0 Å². The molecule has 0 saturated heterocycles. The van der Waals surface area contributed by atoms with Crippen molar-refractivity contribution in [2.24, 2.45) is 0 Å². The summed E-state index contributed by atoms with van der Waals surface area (Å²) >= 11 is -1.27. The second-order valence-electron chi connectivity index (χ2n) is 14.1. The molecule has 45 heavy (non-hydrogen) atoms. The van der Waals surface area contributed by atoms with Crippen LogP contribution in [0.25, 0.3) is 11.1 Å². The Balaban J connectivity index is 0.000000687. The van der Waals surface area contributed by atoms with Crippen molar-refractivity contribution in [1.82, 2.24) is 0 Å². The van der Waals surface area contributed by atoms with Crippen LogP contribution < -0.4 is 5.32 Å². The molecular formula is C43H80AlN. The fourth-order valence-electron chi connectivity index (χ4n) is 6.89. The Morgan fingerprint density at radius 3 is 1.02 bits per heavy atom. The zero-order chi connectivity index (χ0) is 33.1. The van der Waals surface area contributed by atoms with E-state index in [-0.39, 0.29) is 0 Å². The zero-order valence-corrected chi connectivity index (χ0v) is 32.8. The molecule has 2 aromatic carbocycles. The van der Waals surface area contributed by atoms with E-state index < -0.39 is 13.1 Å². The van der Waals surface area contributed by atoms with Crippen molar-refractivity contribution in [2.75, 3.05) is 13.1 Å². The first-order valence-electron chi connectivity index (χ1n) is 20.3. The third-order valence-corrected chi connectivity index (χ3v) is 16.4. The number of hydrogen-bond acceptors (Lipinski definition) is 0. The van der Waals surface area contributed by atoms with Gasteiger partial charge in [0, 0.05) is 0 Å². The van der Waals surface area contributed by atoms with Crippen LogP contribution in [0.15, 0.2) is 60.7 Å². The first kappa shape index (κ1) is 43.9. The van der Waals surface area contributed by atoms with Crippen LogP contribution in [0.2, 0.25) is 21.1 Å². The lowest BCUT2D eigenvalue weighted by atomic mass is 10.1. The van der Waals surface area contributed by atoms with Gasteiger partial charge in [0.25, 0.3) is 0 Å². The zero-order valence-electron chi connectivity index (χ0n) is 31.6. The Bertz CT molecular complexity index is 712. The molecule has 0 atom stereocenters. The fourth-order valence-corrected chi connectivity index (χ4v) is 13.2. The maximum absolute atomic E-state index is 2.39. The van der Waals surface area contributed by atoms with Crippen LogP contribution in [0, 0.1) is 0 Å². The van der Waals surface area contributed by atoms with Crippen molar-refractivity contribution in [3.63, 3.8) is 0 Å². The van der Waals surface area contributed by atoms with Gasteiger partial charge in [-0.15, -0.1) is 0 Å². The fraction of sp³-hybridized carbons (Fsp3) is 0.721. The van der Waals surface area contributed by atoms with Gasteiger partial charge in [-0.3, -0.25) is 0 Å². The van der Waals surface area contributed by atoms with Gasteiger partial charge in [0.05, 0.1) is 13.1 Å². The van der Waals surface area contributed by atoms with Crippen molar-refractivity contribution in [3.05, 3.63) is 60.7 Å². The van der Waals surface area contributed by atoms with E-state index in [1.807, 2.05) is 12.1 Å². The van der Waals surface area contributed by atoms with E-state index in [0.717, 1.165) is 0 Å². The normalized spacial score (nSPS) is 11.0. The van der Waals surface area contributed by atoms with E-state index in [1.54, 1.807) is 46.8 Å². The van der Waals surface area contributed by atoms with Crippen molar-refractivity contribution in [1.29, 1.82) is 0 Å². The van der Waals surface area contributed by atoms with E-state index in [0.29, 0.717) is 0 Å². The first-order chi connectivity index (χ1) is 22.1. The predicted molar refractivity (Wildman–Crippen MR) is 210 cm³/mol. The molecule has 0 spiro atoms. The van der Waals surface area contributed by atoms with Crippen LogP contribution in [0.4, 0.5) is 0 Å². The Morgan fingerprint density at radius 1 is 0.378 bits per heavy atom. The Hall–Kier alpha value is -1.07. The second kappa shape index (κ2) is 34.3. The molecule has 0 heterocycles. The second-order valence-corrected chi connectivity index (χ2v) is 19.8. The van der Waals surface area contributed by atoms with Gasteiger partial charge in [-0.2, -0.15) is 21.1 Å². The Kier molecular flexibility index (Phi) is 33.5. The standard InChI is InChI=1S/C12H10.C11H25N.4C5H11.Al/c1-3-7-11(8-4-1)12-9-5-2-6-10-12;1-3-5-6-7-8-9-10-11-12-4-2;4*1-3-5-4-2;/h1-10H;12H,3-11H2,1-2H3;4*1,3-5H2,2H3;/q;;;;;;-1/p+1. The Labute approximate surface area is 286 Å². The minimum atomic E-state index is -1.27. The molecule has 2 aromatic rings. The van der Waals surface area contributed by atoms with Gasteiger partial charge in [0.2, 0.25) is 0 Å². The molecule has 0 bridgehead atoms. The van der Waals surface area contributed by atoms with E-state index >= 15 is 0 Å². The number of unbranched alkanes of at least 4 members (excludes halogenated alkanes) is 14. The van der Waals surface area contributed by atoms with E-state index in [1.165, 1.54) is 121 Å². The predicted octanol–water partition coefficient (Wildman–Crippen LogP) is 13.9. The molecule has 0 aliphatic rings. The molecule has 1 nitrogen and oxygen atoms in total. The molecule has 0 radical (unpaired) electrons. The van der Waals surface area contributed by atoms with Crippen LogP contribution in [-0.2, 0) is 0 Å². The minimum absolute atomic E-state index is 1.25. The summed E-state index contributed by atoms with van der Waals surface area (Å²) in [6, 6.07) is 20.8. The van der Waals surface area contributed by atoms with Crippen LogP contribution in [0.1, 0.15) is 164 Å². The number of benzene rings is 2. The third-order valence-electron chi connectivity index (χ3n) is 9.86. The maximum Gasteiger partial charge on any atom is 0.134 e. The summed E-state index contributed by atoms with van der Waals surface area (Å²) in [6.45, 7) is 16.5. The van der Waals surface area contributed by atoms with Gasteiger partial charge in [-0.05, 0) is 30.9 Å². The summed E-state index contributed by atoms with van der Waals surface area (Å²) in [5.74, 6) is 0. The lowest BCUT2D eigenvalue weighted by molar-refractivity contribution is -0.652. The highest BCUT2D eigenvalue weighted by molar-refractivity contribution is 6.79. The van der Waals surface area contributed by atoms with Crippen LogP contribution >= 0.6 is 0 Å². The average Bonchev–Trinajstić information content (AvgIpc) is 3.08. The maximum atomic E-state index is 2.39. The number of hydrogen-bond donors (Lipinski definition) is 1. The molecular weight excluding hydrogens is 557 g/mol. The van der Waals surface area contributed by atoms with E-state index in [2.05, 4.69) is 95.4 Å². The number of nitrogens with two attached hydrogens (primary N) is 1. The van der Waals surface area contributed by atoms with Gasteiger partial charge < -0.3 is 5.32 Å². The van der Waals surface area contributed by atoms with Gasteiger partial charge in [-0.25, -0.2) is 0 Å². The highest BCUT2D eigenvalue weighted by Crippen LogP contribution is 2.34. The first-order valence-corrected chi connectivity index (χ1v) is 23.5. The van der Waals surface area contributed by atoms with E-state index in [9.17, 15) is 0 Å².